The largest absolute Gasteiger partial charge is 0.495 e. The molecule has 1 fully saturated rings. The van der Waals surface area contributed by atoms with E-state index in [-0.39, 0.29) is 12.0 Å². The molecule has 0 bridgehead atoms. The lowest BCUT2D eigenvalue weighted by Crippen LogP contribution is -2.16. The van der Waals surface area contributed by atoms with E-state index in [1.807, 2.05) is 0 Å². The third-order valence-corrected chi connectivity index (χ3v) is 4.06. The number of rotatable bonds is 6. The highest BCUT2D eigenvalue weighted by Gasteiger charge is 2.16. The number of nitrogen functional groups attached to an aromatic ring is 1. The van der Waals surface area contributed by atoms with Gasteiger partial charge < -0.3 is 25.3 Å². The maximum absolute atomic E-state index is 12.3. The number of hydrogen-bond donors (Lipinski definition) is 2. The molecule has 3 rings (SSSR count). The van der Waals surface area contributed by atoms with Gasteiger partial charge in [-0.1, -0.05) is 0 Å². The summed E-state index contributed by atoms with van der Waals surface area (Å²) < 4.78 is 16.3. The molecule has 0 spiro atoms. The second-order valence-corrected chi connectivity index (χ2v) is 5.88. The summed E-state index contributed by atoms with van der Waals surface area (Å²) in [5, 5.41) is 2.81. The third kappa shape index (κ3) is 4.42. The van der Waals surface area contributed by atoms with Crippen LogP contribution in [0, 0.1) is 0 Å². The molecule has 6 heteroatoms. The molecule has 1 heterocycles. The third-order valence-electron chi connectivity index (χ3n) is 4.06. The van der Waals surface area contributed by atoms with Crippen LogP contribution in [0.1, 0.15) is 23.2 Å². The van der Waals surface area contributed by atoms with E-state index in [0.717, 1.165) is 25.2 Å². The van der Waals surface area contributed by atoms with Crippen LogP contribution in [0.25, 0.3) is 0 Å². The first kappa shape index (κ1) is 17.1. The molecule has 0 radical (unpaired) electrons. The summed E-state index contributed by atoms with van der Waals surface area (Å²) in [7, 11) is 1.55. The first-order chi connectivity index (χ1) is 12.2. The van der Waals surface area contributed by atoms with E-state index in [0.29, 0.717) is 29.3 Å². The van der Waals surface area contributed by atoms with E-state index >= 15 is 0 Å². The van der Waals surface area contributed by atoms with Crippen LogP contribution in [-0.4, -0.2) is 32.3 Å². The molecule has 1 aliphatic heterocycles. The van der Waals surface area contributed by atoms with Crippen molar-refractivity contribution in [3.63, 3.8) is 0 Å². The zero-order chi connectivity index (χ0) is 17.6. The van der Waals surface area contributed by atoms with Crippen molar-refractivity contribution in [1.29, 1.82) is 0 Å². The van der Waals surface area contributed by atoms with E-state index in [1.54, 1.807) is 49.6 Å². The van der Waals surface area contributed by atoms with Crippen LogP contribution in [-0.2, 0) is 4.74 Å². The van der Waals surface area contributed by atoms with Crippen LogP contribution < -0.4 is 20.5 Å². The molecule has 0 saturated carbocycles. The molecule has 1 saturated heterocycles. The fourth-order valence-electron chi connectivity index (χ4n) is 2.68. The highest BCUT2D eigenvalue weighted by Crippen LogP contribution is 2.25. The second kappa shape index (κ2) is 7.90. The number of carbonyl (C=O) groups excluding carboxylic acids is 1. The highest BCUT2D eigenvalue weighted by atomic mass is 16.5. The Balaban J connectivity index is 1.57. The summed E-state index contributed by atoms with van der Waals surface area (Å²) in [6.07, 6.45) is 2.29. The lowest BCUT2D eigenvalue weighted by atomic mass is 10.2. The van der Waals surface area contributed by atoms with Gasteiger partial charge in [0.15, 0.2) is 0 Å². The number of ether oxygens (including phenoxy) is 3. The topological polar surface area (TPSA) is 82.8 Å². The molecular weight excluding hydrogens is 320 g/mol. The Labute approximate surface area is 146 Å². The monoisotopic (exact) mass is 342 g/mol. The second-order valence-electron chi connectivity index (χ2n) is 5.88. The lowest BCUT2D eigenvalue weighted by Gasteiger charge is -2.12. The highest BCUT2D eigenvalue weighted by molar-refractivity contribution is 6.04. The van der Waals surface area contributed by atoms with Gasteiger partial charge in [0.25, 0.3) is 5.91 Å². The van der Waals surface area contributed by atoms with Crippen LogP contribution in [0.5, 0.6) is 11.5 Å². The minimum Gasteiger partial charge on any atom is -0.495 e. The molecule has 0 aliphatic carbocycles. The molecule has 2 aromatic rings. The molecule has 6 nitrogen and oxygen atoms in total. The van der Waals surface area contributed by atoms with Crippen molar-refractivity contribution in [1.82, 2.24) is 0 Å². The number of nitrogens with one attached hydrogen (secondary N) is 1. The number of hydrogen-bond acceptors (Lipinski definition) is 5. The van der Waals surface area contributed by atoms with E-state index in [2.05, 4.69) is 5.32 Å². The van der Waals surface area contributed by atoms with Crippen molar-refractivity contribution in [3.05, 3.63) is 48.0 Å². The molecular formula is C19H22N2O4. The van der Waals surface area contributed by atoms with Gasteiger partial charge in [-0.15, -0.1) is 0 Å². The summed E-state index contributed by atoms with van der Waals surface area (Å²) in [5.74, 6) is 1.08. The summed E-state index contributed by atoms with van der Waals surface area (Å²) in [5.41, 5.74) is 7.47. The van der Waals surface area contributed by atoms with Gasteiger partial charge in [-0.3, -0.25) is 4.79 Å². The Kier molecular flexibility index (Phi) is 5.40. The quantitative estimate of drug-likeness (QED) is 0.788. The molecule has 3 N–H and O–H groups in total. The number of nitrogens with two attached hydrogens (primary N) is 1. The van der Waals surface area contributed by atoms with E-state index in [9.17, 15) is 4.79 Å². The van der Waals surface area contributed by atoms with Crippen molar-refractivity contribution in [2.24, 2.45) is 0 Å². The van der Waals surface area contributed by atoms with Gasteiger partial charge in [0.2, 0.25) is 0 Å². The molecule has 1 aliphatic rings. The first-order valence-corrected chi connectivity index (χ1v) is 8.25. The van der Waals surface area contributed by atoms with Gasteiger partial charge in [-0.05, 0) is 55.3 Å². The Hall–Kier alpha value is -2.73. The van der Waals surface area contributed by atoms with E-state index in [4.69, 9.17) is 19.9 Å². The predicted molar refractivity (Wildman–Crippen MR) is 96.3 cm³/mol. The Bertz CT molecular complexity index is 725. The number of benzene rings is 2. The normalized spacial score (nSPS) is 16.4. The van der Waals surface area contributed by atoms with Gasteiger partial charge in [-0.25, -0.2) is 0 Å². The summed E-state index contributed by atoms with van der Waals surface area (Å²) in [6, 6.07) is 12.1. The van der Waals surface area contributed by atoms with E-state index in [1.165, 1.54) is 0 Å². The van der Waals surface area contributed by atoms with Crippen LogP contribution in [0.15, 0.2) is 42.5 Å². The number of methoxy groups -OCH3 is 1. The molecule has 25 heavy (non-hydrogen) atoms. The number of anilines is 2. The Morgan fingerprint density at radius 3 is 2.72 bits per heavy atom. The van der Waals surface area contributed by atoms with Crippen LogP contribution in [0.2, 0.25) is 0 Å². The lowest BCUT2D eigenvalue weighted by molar-refractivity contribution is 0.0679. The smallest absolute Gasteiger partial charge is 0.255 e. The van der Waals surface area contributed by atoms with Crippen molar-refractivity contribution >= 4 is 17.3 Å². The Morgan fingerprint density at radius 2 is 2.08 bits per heavy atom. The zero-order valence-corrected chi connectivity index (χ0v) is 14.2. The fourth-order valence-corrected chi connectivity index (χ4v) is 2.68. The van der Waals surface area contributed by atoms with Crippen LogP contribution in [0.4, 0.5) is 11.4 Å². The maximum Gasteiger partial charge on any atom is 0.255 e. The first-order valence-electron chi connectivity index (χ1n) is 8.25. The SMILES string of the molecule is COc1ccc(NC(=O)c2ccc(OCC3CCCO3)cc2)cc1N. The minimum absolute atomic E-state index is 0.170. The maximum atomic E-state index is 12.3. The Morgan fingerprint density at radius 1 is 1.28 bits per heavy atom. The molecule has 1 unspecified atom stereocenters. The zero-order valence-electron chi connectivity index (χ0n) is 14.2. The number of carbonyl (C=O) groups is 1. The van der Waals surface area contributed by atoms with Crippen LogP contribution >= 0.6 is 0 Å². The summed E-state index contributed by atoms with van der Waals surface area (Å²) in [4.78, 5) is 12.3. The van der Waals surface area contributed by atoms with Crippen molar-refractivity contribution in [3.8, 4) is 11.5 Å². The average Bonchev–Trinajstić information content (AvgIpc) is 3.14. The standard InChI is InChI=1S/C19H22N2O4/c1-23-18-9-6-14(11-17(18)20)21-19(22)13-4-7-15(8-5-13)25-12-16-3-2-10-24-16/h4-9,11,16H,2-3,10,12,20H2,1H3,(H,21,22). The average molecular weight is 342 g/mol. The van der Waals surface area contributed by atoms with Crippen molar-refractivity contribution < 1.29 is 19.0 Å². The molecule has 1 atom stereocenters. The van der Waals surface area contributed by atoms with Gasteiger partial charge in [0, 0.05) is 17.9 Å². The predicted octanol–water partition coefficient (Wildman–Crippen LogP) is 3.09. The van der Waals surface area contributed by atoms with E-state index < -0.39 is 0 Å². The van der Waals surface area contributed by atoms with Crippen molar-refractivity contribution in [2.75, 3.05) is 31.4 Å². The fraction of sp³-hybridized carbons (Fsp3) is 0.316. The summed E-state index contributed by atoms with van der Waals surface area (Å²) >= 11 is 0. The van der Waals surface area contributed by atoms with Gasteiger partial charge >= 0.3 is 0 Å². The molecule has 0 aromatic heterocycles. The molecule has 1 amide bonds. The molecule has 2 aromatic carbocycles. The van der Waals surface area contributed by atoms with Gasteiger partial charge in [0.05, 0.1) is 18.9 Å². The van der Waals surface area contributed by atoms with Gasteiger partial charge in [-0.2, -0.15) is 0 Å². The van der Waals surface area contributed by atoms with Gasteiger partial charge in [0.1, 0.15) is 18.1 Å². The van der Waals surface area contributed by atoms with Crippen LogP contribution in [0.3, 0.4) is 0 Å². The van der Waals surface area contributed by atoms with Crippen molar-refractivity contribution in [2.45, 2.75) is 18.9 Å². The number of amides is 1. The summed E-state index contributed by atoms with van der Waals surface area (Å²) in [6.45, 7) is 1.35. The minimum atomic E-state index is -0.213. The molecule has 132 valence electrons.